The van der Waals surface area contributed by atoms with Gasteiger partial charge in [0.15, 0.2) is 0 Å². The van der Waals surface area contributed by atoms with Gasteiger partial charge in [0.1, 0.15) is 12.4 Å². The van der Waals surface area contributed by atoms with E-state index in [2.05, 4.69) is 75.4 Å². The Morgan fingerprint density at radius 3 is 2.27 bits per heavy atom. The SMILES string of the molecule is CC(C)(C)c1ccccc1COc1cccc2ccccc12. The molecular weight excluding hydrogens is 268 g/mol. The third-order valence-electron chi connectivity index (χ3n) is 3.96. The molecule has 0 amide bonds. The molecule has 0 fully saturated rings. The van der Waals surface area contributed by atoms with Crippen molar-refractivity contribution in [2.75, 3.05) is 0 Å². The summed E-state index contributed by atoms with van der Waals surface area (Å²) in [7, 11) is 0. The lowest BCUT2D eigenvalue weighted by molar-refractivity contribution is 0.306. The fourth-order valence-electron chi connectivity index (χ4n) is 2.85. The summed E-state index contributed by atoms with van der Waals surface area (Å²) >= 11 is 0. The van der Waals surface area contributed by atoms with Gasteiger partial charge in [0.2, 0.25) is 0 Å². The Morgan fingerprint density at radius 1 is 0.773 bits per heavy atom. The van der Waals surface area contributed by atoms with Gasteiger partial charge in [-0.1, -0.05) is 81.4 Å². The number of ether oxygens (including phenoxy) is 1. The molecule has 1 nitrogen and oxygen atoms in total. The summed E-state index contributed by atoms with van der Waals surface area (Å²) in [5.74, 6) is 0.946. The summed E-state index contributed by atoms with van der Waals surface area (Å²) in [6.07, 6.45) is 0. The number of benzene rings is 3. The average molecular weight is 290 g/mol. The van der Waals surface area contributed by atoms with Crippen LogP contribution in [0.1, 0.15) is 31.9 Å². The van der Waals surface area contributed by atoms with Crippen molar-refractivity contribution in [3.63, 3.8) is 0 Å². The molecule has 0 atom stereocenters. The van der Waals surface area contributed by atoms with Crippen molar-refractivity contribution in [3.8, 4) is 5.75 Å². The zero-order valence-electron chi connectivity index (χ0n) is 13.5. The van der Waals surface area contributed by atoms with E-state index in [4.69, 9.17) is 4.74 Å². The quantitative estimate of drug-likeness (QED) is 0.599. The van der Waals surface area contributed by atoms with Gasteiger partial charge in [0, 0.05) is 5.39 Å². The van der Waals surface area contributed by atoms with Gasteiger partial charge in [-0.15, -0.1) is 0 Å². The summed E-state index contributed by atoms with van der Waals surface area (Å²) < 4.78 is 6.14. The highest BCUT2D eigenvalue weighted by molar-refractivity contribution is 5.88. The Hall–Kier alpha value is -2.28. The highest BCUT2D eigenvalue weighted by Crippen LogP contribution is 2.29. The van der Waals surface area contributed by atoms with Crippen molar-refractivity contribution < 1.29 is 4.74 Å². The van der Waals surface area contributed by atoms with E-state index >= 15 is 0 Å². The number of hydrogen-bond donors (Lipinski definition) is 0. The number of fused-ring (bicyclic) bond motifs is 1. The highest BCUT2D eigenvalue weighted by atomic mass is 16.5. The molecule has 112 valence electrons. The standard InChI is InChI=1S/C21H22O/c1-21(2,3)19-13-7-5-10-17(19)15-22-20-14-8-11-16-9-4-6-12-18(16)20/h4-14H,15H2,1-3H3. The minimum Gasteiger partial charge on any atom is -0.488 e. The van der Waals surface area contributed by atoms with Crippen molar-refractivity contribution in [2.24, 2.45) is 0 Å². The van der Waals surface area contributed by atoms with Crippen LogP contribution in [0.4, 0.5) is 0 Å². The maximum absolute atomic E-state index is 6.14. The first-order valence-corrected chi connectivity index (χ1v) is 7.75. The molecule has 0 radical (unpaired) electrons. The monoisotopic (exact) mass is 290 g/mol. The molecule has 0 aliphatic rings. The second-order valence-corrected chi connectivity index (χ2v) is 6.67. The second kappa shape index (κ2) is 5.84. The van der Waals surface area contributed by atoms with Gasteiger partial charge in [-0.25, -0.2) is 0 Å². The van der Waals surface area contributed by atoms with Crippen molar-refractivity contribution in [1.82, 2.24) is 0 Å². The molecule has 0 bridgehead atoms. The van der Waals surface area contributed by atoms with Crippen LogP contribution in [-0.2, 0) is 12.0 Å². The fourth-order valence-corrected chi connectivity index (χ4v) is 2.85. The maximum Gasteiger partial charge on any atom is 0.127 e. The normalized spacial score (nSPS) is 11.6. The van der Waals surface area contributed by atoms with Crippen molar-refractivity contribution in [2.45, 2.75) is 32.8 Å². The first-order chi connectivity index (χ1) is 10.6. The van der Waals surface area contributed by atoms with E-state index in [1.54, 1.807) is 0 Å². The molecule has 3 rings (SSSR count). The molecule has 0 aromatic heterocycles. The van der Waals surface area contributed by atoms with E-state index in [1.807, 2.05) is 12.1 Å². The second-order valence-electron chi connectivity index (χ2n) is 6.67. The molecule has 0 N–H and O–H groups in total. The Balaban J connectivity index is 1.89. The molecule has 3 aromatic carbocycles. The minimum atomic E-state index is 0.124. The first-order valence-electron chi connectivity index (χ1n) is 7.75. The molecule has 0 saturated heterocycles. The van der Waals surface area contributed by atoms with Crippen LogP contribution in [0, 0.1) is 0 Å². The average Bonchev–Trinajstić information content (AvgIpc) is 2.52. The van der Waals surface area contributed by atoms with Gasteiger partial charge in [0.25, 0.3) is 0 Å². The zero-order chi connectivity index (χ0) is 15.6. The van der Waals surface area contributed by atoms with E-state index in [0.717, 1.165) is 5.75 Å². The van der Waals surface area contributed by atoms with Gasteiger partial charge in [-0.05, 0) is 28.0 Å². The summed E-state index contributed by atoms with van der Waals surface area (Å²) in [6.45, 7) is 7.32. The Kier molecular flexibility index (Phi) is 3.89. The number of rotatable bonds is 3. The third kappa shape index (κ3) is 2.99. The van der Waals surface area contributed by atoms with Crippen LogP contribution in [0.15, 0.2) is 66.7 Å². The van der Waals surface area contributed by atoms with Crippen LogP contribution < -0.4 is 4.74 Å². The van der Waals surface area contributed by atoms with Crippen LogP contribution >= 0.6 is 0 Å². The lowest BCUT2D eigenvalue weighted by atomic mass is 9.84. The molecule has 0 aliphatic carbocycles. The maximum atomic E-state index is 6.14. The molecule has 0 saturated carbocycles. The minimum absolute atomic E-state index is 0.124. The predicted molar refractivity (Wildman–Crippen MR) is 93.4 cm³/mol. The number of hydrogen-bond acceptors (Lipinski definition) is 1. The summed E-state index contributed by atoms with van der Waals surface area (Å²) in [5, 5.41) is 2.38. The van der Waals surface area contributed by atoms with E-state index in [1.165, 1.54) is 21.9 Å². The van der Waals surface area contributed by atoms with E-state index in [-0.39, 0.29) is 5.41 Å². The van der Waals surface area contributed by atoms with Crippen LogP contribution in [0.3, 0.4) is 0 Å². The lowest BCUT2D eigenvalue weighted by Crippen LogP contribution is -2.15. The lowest BCUT2D eigenvalue weighted by Gasteiger charge is -2.23. The summed E-state index contributed by atoms with van der Waals surface area (Å²) in [4.78, 5) is 0. The van der Waals surface area contributed by atoms with Gasteiger partial charge >= 0.3 is 0 Å². The largest absolute Gasteiger partial charge is 0.488 e. The molecular formula is C21H22O. The van der Waals surface area contributed by atoms with Gasteiger partial charge in [-0.3, -0.25) is 0 Å². The van der Waals surface area contributed by atoms with Gasteiger partial charge in [-0.2, -0.15) is 0 Å². The Morgan fingerprint density at radius 2 is 1.45 bits per heavy atom. The zero-order valence-corrected chi connectivity index (χ0v) is 13.5. The summed E-state index contributed by atoms with van der Waals surface area (Å²) in [5.41, 5.74) is 2.72. The topological polar surface area (TPSA) is 9.23 Å². The van der Waals surface area contributed by atoms with Crippen LogP contribution in [-0.4, -0.2) is 0 Å². The highest BCUT2D eigenvalue weighted by Gasteiger charge is 2.17. The first kappa shape index (κ1) is 14.6. The molecule has 0 aliphatic heterocycles. The van der Waals surface area contributed by atoms with E-state index < -0.39 is 0 Å². The third-order valence-corrected chi connectivity index (χ3v) is 3.96. The summed E-state index contributed by atoms with van der Waals surface area (Å²) in [6, 6.07) is 23.1. The van der Waals surface area contributed by atoms with E-state index in [0.29, 0.717) is 6.61 Å². The Bertz CT molecular complexity index is 776. The molecule has 1 heteroatoms. The fraction of sp³-hybridized carbons (Fsp3) is 0.238. The predicted octanol–water partition coefficient (Wildman–Crippen LogP) is 5.72. The van der Waals surface area contributed by atoms with Crippen LogP contribution in [0.2, 0.25) is 0 Å². The molecule has 0 unspecified atom stereocenters. The smallest absolute Gasteiger partial charge is 0.127 e. The van der Waals surface area contributed by atoms with Gasteiger partial charge < -0.3 is 4.74 Å². The van der Waals surface area contributed by atoms with Crippen molar-refractivity contribution >= 4 is 10.8 Å². The molecule has 0 spiro atoms. The van der Waals surface area contributed by atoms with Crippen molar-refractivity contribution in [1.29, 1.82) is 0 Å². The molecule has 22 heavy (non-hydrogen) atoms. The Labute approximate surface area is 132 Å². The van der Waals surface area contributed by atoms with Crippen LogP contribution in [0.5, 0.6) is 5.75 Å². The molecule has 0 heterocycles. The van der Waals surface area contributed by atoms with Gasteiger partial charge in [0.05, 0.1) is 0 Å². The van der Waals surface area contributed by atoms with Crippen molar-refractivity contribution in [3.05, 3.63) is 77.9 Å². The van der Waals surface area contributed by atoms with E-state index in [9.17, 15) is 0 Å². The van der Waals surface area contributed by atoms with Crippen LogP contribution in [0.25, 0.3) is 10.8 Å². The molecule has 3 aromatic rings.